The zero-order valence-electron chi connectivity index (χ0n) is 15.4. The van der Waals surface area contributed by atoms with Crippen molar-refractivity contribution in [1.29, 1.82) is 0 Å². The summed E-state index contributed by atoms with van der Waals surface area (Å²) in [4.78, 5) is 26.2. The van der Waals surface area contributed by atoms with Crippen LogP contribution in [0, 0.1) is 0 Å². The van der Waals surface area contributed by atoms with E-state index in [0.29, 0.717) is 19.7 Å². The summed E-state index contributed by atoms with van der Waals surface area (Å²) in [6.07, 6.45) is 2.57. The smallest absolute Gasteiger partial charge is 0.309 e. The number of ether oxygens (including phenoxy) is 1. The lowest BCUT2D eigenvalue weighted by molar-refractivity contribution is -0.139. The Balaban J connectivity index is 1.63. The van der Waals surface area contributed by atoms with E-state index in [9.17, 15) is 9.59 Å². The van der Waals surface area contributed by atoms with Gasteiger partial charge in [0.1, 0.15) is 5.76 Å². The van der Waals surface area contributed by atoms with Gasteiger partial charge in [-0.15, -0.1) is 0 Å². The molecule has 0 spiro atoms. The van der Waals surface area contributed by atoms with Gasteiger partial charge in [-0.25, -0.2) is 0 Å². The van der Waals surface area contributed by atoms with Gasteiger partial charge < -0.3 is 19.8 Å². The van der Waals surface area contributed by atoms with Crippen molar-refractivity contribution < 1.29 is 18.7 Å². The second-order valence-electron chi connectivity index (χ2n) is 6.48. The van der Waals surface area contributed by atoms with E-state index in [0.717, 1.165) is 25.3 Å². The number of benzene rings is 1. The number of nitrogens with zero attached hydrogens (tertiary/aromatic N) is 1. The van der Waals surface area contributed by atoms with E-state index in [-0.39, 0.29) is 6.04 Å². The molecule has 0 radical (unpaired) electrons. The molecular weight excluding hydrogens is 346 g/mol. The van der Waals surface area contributed by atoms with Crippen LogP contribution in [0.4, 0.5) is 0 Å². The van der Waals surface area contributed by atoms with Gasteiger partial charge in [-0.3, -0.25) is 14.5 Å². The summed E-state index contributed by atoms with van der Waals surface area (Å²) < 4.78 is 10.5. The Morgan fingerprint density at radius 1 is 1.15 bits per heavy atom. The second-order valence-corrected chi connectivity index (χ2v) is 6.48. The number of fused-ring (bicyclic) bond motifs is 1. The van der Waals surface area contributed by atoms with Crippen molar-refractivity contribution in [2.45, 2.75) is 19.0 Å². The lowest BCUT2D eigenvalue weighted by Crippen LogP contribution is -2.45. The molecule has 7 nitrogen and oxygen atoms in total. The minimum atomic E-state index is -0.658. The van der Waals surface area contributed by atoms with Gasteiger partial charge >= 0.3 is 11.8 Å². The predicted molar refractivity (Wildman–Crippen MR) is 99.9 cm³/mol. The zero-order valence-corrected chi connectivity index (χ0v) is 15.4. The third kappa shape index (κ3) is 4.96. The fourth-order valence-electron chi connectivity index (χ4n) is 3.29. The highest BCUT2D eigenvalue weighted by Crippen LogP contribution is 2.27. The van der Waals surface area contributed by atoms with Crippen LogP contribution in [0.3, 0.4) is 0 Å². The molecule has 1 unspecified atom stereocenters. The number of hydrogen-bond donors (Lipinski definition) is 2. The molecule has 27 heavy (non-hydrogen) atoms. The first-order valence-corrected chi connectivity index (χ1v) is 9.08. The lowest BCUT2D eigenvalue weighted by Gasteiger charge is -2.34. The SMILES string of the molecule is COCCNC(=O)C(=O)NCC(c1ccco1)N1CCc2ccccc2C1. The first kappa shape index (κ1) is 19.1. The number of carbonyl (C=O) groups is 2. The summed E-state index contributed by atoms with van der Waals surface area (Å²) in [6.45, 7) is 2.59. The molecule has 0 aliphatic carbocycles. The van der Waals surface area contributed by atoms with Gasteiger partial charge in [0.05, 0.1) is 18.9 Å². The quantitative estimate of drug-likeness (QED) is 0.565. The Bertz CT molecular complexity index is 760. The van der Waals surface area contributed by atoms with Crippen LogP contribution in [-0.2, 0) is 27.3 Å². The molecule has 1 atom stereocenters. The van der Waals surface area contributed by atoms with E-state index < -0.39 is 11.8 Å². The van der Waals surface area contributed by atoms with E-state index in [1.54, 1.807) is 6.26 Å². The van der Waals surface area contributed by atoms with Gasteiger partial charge in [-0.2, -0.15) is 0 Å². The molecule has 2 amide bonds. The molecule has 0 fully saturated rings. The van der Waals surface area contributed by atoms with Crippen LogP contribution < -0.4 is 10.6 Å². The molecule has 1 aliphatic rings. The first-order chi connectivity index (χ1) is 13.2. The number of furan rings is 1. The molecule has 2 aromatic rings. The van der Waals surface area contributed by atoms with E-state index >= 15 is 0 Å². The van der Waals surface area contributed by atoms with Crippen LogP contribution in [0.25, 0.3) is 0 Å². The lowest BCUT2D eigenvalue weighted by atomic mass is 9.98. The standard InChI is InChI=1S/C20H25N3O4/c1-26-12-9-21-19(24)20(25)22-13-17(18-7-4-11-27-18)23-10-8-15-5-2-3-6-16(15)14-23/h2-7,11,17H,8-10,12-14H2,1H3,(H,21,24)(H,22,25). The van der Waals surface area contributed by atoms with E-state index in [1.165, 1.54) is 18.2 Å². The molecule has 0 saturated carbocycles. The van der Waals surface area contributed by atoms with Crippen molar-refractivity contribution in [3.05, 3.63) is 59.5 Å². The van der Waals surface area contributed by atoms with E-state index in [4.69, 9.17) is 9.15 Å². The monoisotopic (exact) mass is 371 g/mol. The van der Waals surface area contributed by atoms with E-state index in [2.05, 4.69) is 33.7 Å². The topological polar surface area (TPSA) is 83.8 Å². The van der Waals surface area contributed by atoms with Gasteiger partial charge in [-0.1, -0.05) is 24.3 Å². The molecule has 1 aromatic carbocycles. The van der Waals surface area contributed by atoms with E-state index in [1.807, 2.05) is 18.2 Å². The highest BCUT2D eigenvalue weighted by Gasteiger charge is 2.27. The molecular formula is C20H25N3O4. The Kier molecular flexibility index (Phi) is 6.62. The third-order valence-corrected chi connectivity index (χ3v) is 4.73. The Labute approximate surface area is 158 Å². The minimum Gasteiger partial charge on any atom is -0.468 e. The average molecular weight is 371 g/mol. The molecule has 1 aliphatic heterocycles. The second kappa shape index (κ2) is 9.34. The molecule has 2 N–H and O–H groups in total. The predicted octanol–water partition coefficient (Wildman–Crippen LogP) is 1.26. The summed E-state index contributed by atoms with van der Waals surface area (Å²) in [5, 5.41) is 5.25. The Morgan fingerprint density at radius 3 is 2.67 bits per heavy atom. The minimum absolute atomic E-state index is 0.135. The van der Waals surface area contributed by atoms with Crippen molar-refractivity contribution >= 4 is 11.8 Å². The van der Waals surface area contributed by atoms with Crippen LogP contribution in [0.5, 0.6) is 0 Å². The van der Waals surface area contributed by atoms with Crippen LogP contribution in [-0.4, -0.2) is 50.1 Å². The number of carbonyl (C=O) groups excluding carboxylic acids is 2. The maximum atomic E-state index is 12.1. The Hall–Kier alpha value is -2.64. The highest BCUT2D eigenvalue weighted by molar-refractivity contribution is 6.35. The zero-order chi connectivity index (χ0) is 19.1. The first-order valence-electron chi connectivity index (χ1n) is 9.08. The van der Waals surface area contributed by atoms with Gasteiger partial charge in [0, 0.05) is 33.3 Å². The normalized spacial score (nSPS) is 15.0. The van der Waals surface area contributed by atoms with Gasteiger partial charge in [-0.05, 0) is 29.7 Å². The molecule has 1 aromatic heterocycles. The summed E-state index contributed by atoms with van der Waals surface area (Å²) in [6, 6.07) is 12.0. The molecule has 7 heteroatoms. The van der Waals surface area contributed by atoms with Crippen LogP contribution >= 0.6 is 0 Å². The van der Waals surface area contributed by atoms with Crippen LogP contribution in [0.1, 0.15) is 22.9 Å². The summed E-state index contributed by atoms with van der Waals surface area (Å²) >= 11 is 0. The maximum Gasteiger partial charge on any atom is 0.309 e. The van der Waals surface area contributed by atoms with Crippen molar-refractivity contribution in [2.24, 2.45) is 0 Å². The molecule has 0 saturated heterocycles. The van der Waals surface area contributed by atoms with Crippen LogP contribution in [0.2, 0.25) is 0 Å². The number of rotatable bonds is 7. The largest absolute Gasteiger partial charge is 0.468 e. The average Bonchev–Trinajstić information content (AvgIpc) is 3.22. The molecule has 144 valence electrons. The molecule has 3 rings (SSSR count). The van der Waals surface area contributed by atoms with Crippen molar-refractivity contribution in [3.63, 3.8) is 0 Å². The van der Waals surface area contributed by atoms with Gasteiger partial charge in [0.15, 0.2) is 0 Å². The van der Waals surface area contributed by atoms with Crippen molar-refractivity contribution in [1.82, 2.24) is 15.5 Å². The van der Waals surface area contributed by atoms with Gasteiger partial charge in [0.25, 0.3) is 0 Å². The van der Waals surface area contributed by atoms with Crippen molar-refractivity contribution in [3.8, 4) is 0 Å². The summed E-state index contributed by atoms with van der Waals surface area (Å²) in [5.74, 6) is -0.538. The number of methoxy groups -OCH3 is 1. The fourth-order valence-corrected chi connectivity index (χ4v) is 3.29. The summed E-state index contributed by atoms with van der Waals surface area (Å²) in [5.41, 5.74) is 2.64. The summed E-state index contributed by atoms with van der Waals surface area (Å²) in [7, 11) is 1.54. The molecule has 2 heterocycles. The van der Waals surface area contributed by atoms with Crippen molar-refractivity contribution in [2.75, 3.05) is 33.4 Å². The third-order valence-electron chi connectivity index (χ3n) is 4.73. The number of hydrogen-bond acceptors (Lipinski definition) is 5. The fraction of sp³-hybridized carbons (Fsp3) is 0.400. The molecule has 0 bridgehead atoms. The van der Waals surface area contributed by atoms with Gasteiger partial charge in [0.2, 0.25) is 0 Å². The number of nitrogens with one attached hydrogen (secondary N) is 2. The Morgan fingerprint density at radius 2 is 1.93 bits per heavy atom. The maximum absolute atomic E-state index is 12.1. The number of amides is 2. The van der Waals surface area contributed by atoms with Crippen LogP contribution in [0.15, 0.2) is 47.1 Å². The highest BCUT2D eigenvalue weighted by atomic mass is 16.5.